The minimum absolute atomic E-state index is 0.0600. The van der Waals surface area contributed by atoms with E-state index < -0.39 is 10.0 Å². The summed E-state index contributed by atoms with van der Waals surface area (Å²) in [6, 6.07) is 15.0. The number of piperidine rings is 1. The lowest BCUT2D eigenvalue weighted by Gasteiger charge is -2.33. The lowest BCUT2D eigenvalue weighted by molar-refractivity contribution is 0.194. The van der Waals surface area contributed by atoms with E-state index in [0.29, 0.717) is 0 Å². The predicted octanol–water partition coefficient (Wildman–Crippen LogP) is 2.89. The maximum absolute atomic E-state index is 12.1. The molecule has 1 aliphatic carbocycles. The fourth-order valence-corrected chi connectivity index (χ4v) is 5.20. The Morgan fingerprint density at radius 2 is 1.83 bits per heavy atom. The van der Waals surface area contributed by atoms with Crippen LogP contribution in [0.1, 0.15) is 31.2 Å². The highest BCUT2D eigenvalue weighted by molar-refractivity contribution is 7.90. The summed E-state index contributed by atoms with van der Waals surface area (Å²) in [4.78, 5) is 2.37. The molecule has 1 N–H and O–H groups in total. The van der Waals surface area contributed by atoms with Gasteiger partial charge in [0.15, 0.2) is 0 Å². The molecule has 2 aromatic rings. The van der Waals surface area contributed by atoms with Crippen LogP contribution in [0.3, 0.4) is 0 Å². The molecule has 1 saturated heterocycles. The highest BCUT2D eigenvalue weighted by atomic mass is 32.2. The third kappa shape index (κ3) is 3.63. The second-order valence-electron chi connectivity index (χ2n) is 7.12. The van der Waals surface area contributed by atoms with Crippen molar-refractivity contribution >= 4 is 20.8 Å². The highest BCUT2D eigenvalue weighted by Crippen LogP contribution is 2.28. The van der Waals surface area contributed by atoms with Crippen LogP contribution in [0.15, 0.2) is 42.5 Å². The summed E-state index contributed by atoms with van der Waals surface area (Å²) >= 11 is 0. The van der Waals surface area contributed by atoms with Crippen molar-refractivity contribution in [2.45, 2.75) is 43.5 Å². The van der Waals surface area contributed by atoms with E-state index in [-0.39, 0.29) is 11.3 Å². The van der Waals surface area contributed by atoms with Crippen LogP contribution in [0, 0.1) is 0 Å². The average molecular weight is 344 g/mol. The van der Waals surface area contributed by atoms with Gasteiger partial charge in [-0.15, -0.1) is 0 Å². The zero-order chi connectivity index (χ0) is 16.6. The van der Waals surface area contributed by atoms with Crippen molar-refractivity contribution in [2.24, 2.45) is 0 Å². The molecular weight excluding hydrogens is 320 g/mol. The fraction of sp³-hybridized carbons (Fsp3) is 0.474. The summed E-state index contributed by atoms with van der Waals surface area (Å²) in [7, 11) is -3.09. The first-order valence-electron chi connectivity index (χ1n) is 8.81. The molecule has 128 valence electrons. The zero-order valence-electron chi connectivity index (χ0n) is 13.8. The number of hydrogen-bond acceptors (Lipinski definition) is 3. The van der Waals surface area contributed by atoms with Gasteiger partial charge in [-0.2, -0.15) is 0 Å². The van der Waals surface area contributed by atoms with Crippen molar-refractivity contribution < 1.29 is 8.42 Å². The first-order valence-corrected chi connectivity index (χ1v) is 10.4. The van der Waals surface area contributed by atoms with Crippen LogP contribution in [0.4, 0.5) is 0 Å². The molecule has 1 atom stereocenters. The van der Waals surface area contributed by atoms with Crippen molar-refractivity contribution in [3.05, 3.63) is 48.0 Å². The zero-order valence-corrected chi connectivity index (χ0v) is 14.6. The van der Waals surface area contributed by atoms with Gasteiger partial charge >= 0.3 is 0 Å². The molecule has 24 heavy (non-hydrogen) atoms. The predicted molar refractivity (Wildman–Crippen MR) is 97.3 cm³/mol. The molecule has 4 rings (SSSR count). The van der Waals surface area contributed by atoms with Crippen LogP contribution in [-0.2, 0) is 16.6 Å². The number of fused-ring (bicyclic) bond motifs is 1. The third-order valence-corrected chi connectivity index (χ3v) is 7.03. The lowest BCUT2D eigenvalue weighted by Crippen LogP contribution is -2.48. The molecule has 1 unspecified atom stereocenters. The Hall–Kier alpha value is -1.43. The lowest BCUT2D eigenvalue weighted by atomic mass is 10.0. The topological polar surface area (TPSA) is 49.4 Å². The molecule has 1 saturated carbocycles. The van der Waals surface area contributed by atoms with E-state index in [1.54, 1.807) is 0 Å². The number of likely N-dealkylation sites (tertiary alicyclic amines) is 1. The van der Waals surface area contributed by atoms with Gasteiger partial charge in [0.1, 0.15) is 0 Å². The van der Waals surface area contributed by atoms with Gasteiger partial charge in [0.2, 0.25) is 10.0 Å². The fourth-order valence-electron chi connectivity index (χ4n) is 3.60. The second kappa shape index (κ2) is 6.47. The van der Waals surface area contributed by atoms with E-state index in [2.05, 4.69) is 52.1 Å². The van der Waals surface area contributed by atoms with E-state index in [1.165, 1.54) is 16.3 Å². The number of benzene rings is 2. The molecule has 2 aliphatic rings. The Morgan fingerprint density at radius 3 is 2.62 bits per heavy atom. The minimum Gasteiger partial charge on any atom is -0.298 e. The Balaban J connectivity index is 1.41. The van der Waals surface area contributed by atoms with E-state index in [4.69, 9.17) is 0 Å². The monoisotopic (exact) mass is 344 g/mol. The number of hydrogen-bond donors (Lipinski definition) is 1. The Morgan fingerprint density at radius 1 is 1.04 bits per heavy atom. The summed E-state index contributed by atoms with van der Waals surface area (Å²) in [6.07, 6.45) is 3.64. The van der Waals surface area contributed by atoms with Crippen LogP contribution in [0.5, 0.6) is 0 Å². The summed E-state index contributed by atoms with van der Waals surface area (Å²) < 4.78 is 27.2. The normalized spacial score (nSPS) is 22.8. The average Bonchev–Trinajstić information content (AvgIpc) is 3.40. The van der Waals surface area contributed by atoms with E-state index in [0.717, 1.165) is 45.3 Å². The molecule has 5 heteroatoms. The van der Waals surface area contributed by atoms with Gasteiger partial charge in [-0.05, 0) is 54.6 Å². The number of rotatable bonds is 5. The Labute approximate surface area is 143 Å². The Kier molecular flexibility index (Phi) is 4.33. The molecule has 0 spiro atoms. The molecule has 0 aromatic heterocycles. The van der Waals surface area contributed by atoms with Crippen LogP contribution in [0.2, 0.25) is 0 Å². The second-order valence-corrected chi connectivity index (χ2v) is 9.11. The van der Waals surface area contributed by atoms with Crippen LogP contribution >= 0.6 is 0 Å². The van der Waals surface area contributed by atoms with Gasteiger partial charge in [-0.1, -0.05) is 36.4 Å². The van der Waals surface area contributed by atoms with Crippen LogP contribution < -0.4 is 4.72 Å². The van der Waals surface area contributed by atoms with Gasteiger partial charge in [-0.25, -0.2) is 13.1 Å². The summed E-state index contributed by atoms with van der Waals surface area (Å²) in [5.74, 6) is 0. The maximum atomic E-state index is 12.1. The van der Waals surface area contributed by atoms with Crippen molar-refractivity contribution in [2.75, 3.05) is 13.1 Å². The van der Waals surface area contributed by atoms with Gasteiger partial charge in [0.25, 0.3) is 0 Å². The van der Waals surface area contributed by atoms with Crippen molar-refractivity contribution in [1.29, 1.82) is 0 Å². The van der Waals surface area contributed by atoms with Gasteiger partial charge in [0, 0.05) is 19.1 Å². The first-order chi connectivity index (χ1) is 11.6. The largest absolute Gasteiger partial charge is 0.298 e. The molecular formula is C19H24N2O2S. The number of nitrogens with one attached hydrogen (secondary N) is 1. The summed E-state index contributed by atoms with van der Waals surface area (Å²) in [5, 5.41) is 2.39. The van der Waals surface area contributed by atoms with E-state index in [9.17, 15) is 8.42 Å². The Bertz CT molecular complexity index is 830. The molecule has 0 amide bonds. The van der Waals surface area contributed by atoms with E-state index in [1.807, 2.05) is 0 Å². The van der Waals surface area contributed by atoms with Crippen molar-refractivity contribution in [3.63, 3.8) is 0 Å². The standard InChI is InChI=1S/C19H24N2O2S/c22-24(23,19-9-10-19)20-18-6-3-11-21(14-18)13-15-7-8-16-4-1-2-5-17(16)12-15/h1-2,4-5,7-8,12,18-20H,3,6,9-11,13-14H2. The van der Waals surface area contributed by atoms with Crippen LogP contribution in [-0.4, -0.2) is 37.7 Å². The molecule has 0 radical (unpaired) electrons. The molecule has 0 bridgehead atoms. The van der Waals surface area contributed by atoms with Crippen molar-refractivity contribution in [1.82, 2.24) is 9.62 Å². The molecule has 4 nitrogen and oxygen atoms in total. The first kappa shape index (κ1) is 16.1. The smallest absolute Gasteiger partial charge is 0.214 e. The SMILES string of the molecule is O=S(=O)(NC1CCCN(Cc2ccc3ccccc3c2)C1)C1CC1. The summed E-state index contributed by atoms with van der Waals surface area (Å²) in [5.41, 5.74) is 1.29. The van der Waals surface area contributed by atoms with Gasteiger partial charge in [-0.3, -0.25) is 4.90 Å². The minimum atomic E-state index is -3.09. The summed E-state index contributed by atoms with van der Waals surface area (Å²) in [6.45, 7) is 2.72. The van der Waals surface area contributed by atoms with Crippen LogP contribution in [0.25, 0.3) is 10.8 Å². The molecule has 2 fully saturated rings. The quantitative estimate of drug-likeness (QED) is 0.907. The molecule has 1 heterocycles. The van der Waals surface area contributed by atoms with E-state index >= 15 is 0 Å². The van der Waals surface area contributed by atoms with Gasteiger partial charge in [0.05, 0.1) is 5.25 Å². The van der Waals surface area contributed by atoms with Crippen molar-refractivity contribution in [3.8, 4) is 0 Å². The molecule has 2 aromatic carbocycles. The maximum Gasteiger partial charge on any atom is 0.214 e. The number of sulfonamides is 1. The van der Waals surface area contributed by atoms with Gasteiger partial charge < -0.3 is 0 Å². The highest BCUT2D eigenvalue weighted by Gasteiger charge is 2.37. The third-order valence-electron chi connectivity index (χ3n) is 5.02. The molecule has 1 aliphatic heterocycles. The number of nitrogens with zero attached hydrogens (tertiary/aromatic N) is 1.